The van der Waals surface area contributed by atoms with E-state index < -0.39 is 5.41 Å². The molecule has 1 spiro atoms. The number of hydrogen-bond acceptors (Lipinski definition) is 1. The molecule has 134 valence electrons. The first kappa shape index (κ1) is 16.4. The summed E-state index contributed by atoms with van der Waals surface area (Å²) in [6.07, 6.45) is 0. The molecule has 0 fully saturated rings. The Hall–Kier alpha value is -2.55. The van der Waals surface area contributed by atoms with Gasteiger partial charge in [-0.05, 0) is 62.4 Å². The second-order valence-corrected chi connectivity index (χ2v) is 8.49. The lowest BCUT2D eigenvalue weighted by Crippen LogP contribution is -2.32. The summed E-state index contributed by atoms with van der Waals surface area (Å²) >= 11 is 10.2. The number of fused-ring (bicyclic) bond motifs is 9. The van der Waals surface area contributed by atoms with Crippen LogP contribution in [-0.4, -0.2) is 0 Å². The van der Waals surface area contributed by atoms with Crippen molar-refractivity contribution in [3.05, 3.63) is 117 Å². The van der Waals surface area contributed by atoms with Gasteiger partial charge in [-0.3, -0.25) is 0 Å². The Morgan fingerprint density at radius 2 is 1.39 bits per heavy atom. The molecular formula is C25H14BrClO. The molecule has 0 amide bonds. The lowest BCUT2D eigenvalue weighted by Gasteiger charge is -2.39. The monoisotopic (exact) mass is 444 g/mol. The summed E-state index contributed by atoms with van der Waals surface area (Å²) in [4.78, 5) is 0. The summed E-state index contributed by atoms with van der Waals surface area (Å²) in [6, 6.07) is 29.5. The fourth-order valence-electron chi connectivity index (χ4n) is 4.86. The van der Waals surface area contributed by atoms with Crippen LogP contribution in [-0.2, 0) is 5.41 Å². The van der Waals surface area contributed by atoms with E-state index in [0.29, 0.717) is 0 Å². The second kappa shape index (κ2) is 5.73. The first-order valence-electron chi connectivity index (χ1n) is 9.17. The average Bonchev–Trinajstić information content (AvgIpc) is 3.00. The lowest BCUT2D eigenvalue weighted by molar-refractivity contribution is 0.433. The summed E-state index contributed by atoms with van der Waals surface area (Å²) in [7, 11) is 0. The van der Waals surface area contributed by atoms with Crippen LogP contribution in [0.2, 0.25) is 5.02 Å². The Morgan fingerprint density at radius 1 is 0.679 bits per heavy atom. The molecule has 4 aromatic carbocycles. The van der Waals surface area contributed by atoms with Crippen molar-refractivity contribution in [2.45, 2.75) is 5.41 Å². The third-order valence-electron chi connectivity index (χ3n) is 5.88. The normalized spacial score (nSPS) is 18.1. The van der Waals surface area contributed by atoms with Gasteiger partial charge in [-0.2, -0.15) is 0 Å². The van der Waals surface area contributed by atoms with Crippen molar-refractivity contribution in [3.8, 4) is 22.6 Å². The van der Waals surface area contributed by atoms with Gasteiger partial charge in [-0.1, -0.05) is 72.3 Å². The van der Waals surface area contributed by atoms with Gasteiger partial charge in [0, 0.05) is 16.1 Å². The summed E-state index contributed by atoms with van der Waals surface area (Å²) in [5.74, 6) is 1.74. The van der Waals surface area contributed by atoms with Crippen LogP contribution in [0.25, 0.3) is 11.1 Å². The molecule has 1 unspecified atom stereocenters. The fraction of sp³-hybridized carbons (Fsp3) is 0.0400. The maximum Gasteiger partial charge on any atom is 0.146 e. The number of hydrogen-bond donors (Lipinski definition) is 0. The molecule has 0 aromatic heterocycles. The molecule has 1 atom stereocenters. The molecule has 1 aliphatic heterocycles. The molecule has 2 aliphatic rings. The Kier molecular flexibility index (Phi) is 3.36. The zero-order chi connectivity index (χ0) is 18.9. The van der Waals surface area contributed by atoms with Gasteiger partial charge in [0.05, 0.1) is 9.89 Å². The molecule has 3 heteroatoms. The molecule has 28 heavy (non-hydrogen) atoms. The van der Waals surface area contributed by atoms with E-state index in [1.54, 1.807) is 0 Å². The Balaban J connectivity index is 1.87. The van der Waals surface area contributed by atoms with Gasteiger partial charge in [-0.15, -0.1) is 0 Å². The number of halogens is 2. The fourth-order valence-corrected chi connectivity index (χ4v) is 5.48. The van der Waals surface area contributed by atoms with Crippen LogP contribution in [0.15, 0.2) is 89.4 Å². The minimum atomic E-state index is -0.454. The van der Waals surface area contributed by atoms with Gasteiger partial charge in [0.15, 0.2) is 0 Å². The molecular weight excluding hydrogens is 432 g/mol. The highest BCUT2D eigenvalue weighted by atomic mass is 79.9. The number of ether oxygens (including phenoxy) is 1. The lowest BCUT2D eigenvalue weighted by atomic mass is 9.66. The first-order chi connectivity index (χ1) is 13.7. The maximum absolute atomic E-state index is 6.51. The van der Waals surface area contributed by atoms with E-state index in [1.807, 2.05) is 24.3 Å². The Morgan fingerprint density at radius 3 is 2.29 bits per heavy atom. The number of rotatable bonds is 0. The zero-order valence-corrected chi connectivity index (χ0v) is 17.1. The predicted molar refractivity (Wildman–Crippen MR) is 117 cm³/mol. The van der Waals surface area contributed by atoms with Crippen molar-refractivity contribution in [2.75, 3.05) is 0 Å². The highest BCUT2D eigenvalue weighted by Gasteiger charge is 2.51. The van der Waals surface area contributed by atoms with Crippen molar-refractivity contribution < 1.29 is 4.74 Å². The van der Waals surface area contributed by atoms with Crippen LogP contribution in [0, 0.1) is 0 Å². The summed E-state index contributed by atoms with van der Waals surface area (Å²) in [5.41, 5.74) is 6.77. The first-order valence-corrected chi connectivity index (χ1v) is 10.3. The third-order valence-corrected chi connectivity index (χ3v) is 6.74. The largest absolute Gasteiger partial charge is 0.455 e. The smallest absolute Gasteiger partial charge is 0.146 e. The highest BCUT2D eigenvalue weighted by molar-refractivity contribution is 9.10. The van der Waals surface area contributed by atoms with Crippen molar-refractivity contribution >= 4 is 27.5 Å². The highest BCUT2D eigenvalue weighted by Crippen LogP contribution is 2.62. The SMILES string of the molecule is Clc1ccc2c(c1)C1(c3ccccc3Oc3c(Br)cccc31)c1ccccc1-2. The quantitative estimate of drug-likeness (QED) is 0.234. The number of benzene rings is 4. The minimum Gasteiger partial charge on any atom is -0.455 e. The molecule has 0 saturated carbocycles. The molecule has 1 aliphatic carbocycles. The zero-order valence-electron chi connectivity index (χ0n) is 14.7. The van der Waals surface area contributed by atoms with Crippen LogP contribution in [0.3, 0.4) is 0 Å². The van der Waals surface area contributed by atoms with Crippen LogP contribution < -0.4 is 4.74 Å². The van der Waals surface area contributed by atoms with E-state index in [1.165, 1.54) is 22.3 Å². The Labute approximate surface area is 176 Å². The number of para-hydroxylation sites is 2. The third kappa shape index (κ3) is 1.92. The van der Waals surface area contributed by atoms with E-state index in [4.69, 9.17) is 16.3 Å². The second-order valence-electron chi connectivity index (χ2n) is 7.20. The van der Waals surface area contributed by atoms with Gasteiger partial charge in [0.1, 0.15) is 11.5 Å². The van der Waals surface area contributed by atoms with Crippen molar-refractivity contribution in [3.63, 3.8) is 0 Å². The van der Waals surface area contributed by atoms with Crippen molar-refractivity contribution in [1.82, 2.24) is 0 Å². The van der Waals surface area contributed by atoms with Gasteiger partial charge >= 0.3 is 0 Å². The van der Waals surface area contributed by atoms with Crippen LogP contribution in [0.5, 0.6) is 11.5 Å². The van der Waals surface area contributed by atoms with Gasteiger partial charge in [0.2, 0.25) is 0 Å². The molecule has 4 aromatic rings. The summed E-state index contributed by atoms with van der Waals surface area (Å²) in [6.45, 7) is 0. The molecule has 0 saturated heterocycles. The van der Waals surface area contributed by atoms with E-state index in [2.05, 4.69) is 76.6 Å². The summed E-state index contributed by atoms with van der Waals surface area (Å²) in [5, 5.41) is 0.742. The molecule has 1 heterocycles. The van der Waals surface area contributed by atoms with E-state index >= 15 is 0 Å². The van der Waals surface area contributed by atoms with Crippen molar-refractivity contribution in [1.29, 1.82) is 0 Å². The van der Waals surface area contributed by atoms with Crippen molar-refractivity contribution in [2.24, 2.45) is 0 Å². The molecule has 6 rings (SSSR count). The van der Waals surface area contributed by atoms with Crippen LogP contribution in [0.1, 0.15) is 22.3 Å². The van der Waals surface area contributed by atoms with E-state index in [9.17, 15) is 0 Å². The molecule has 0 N–H and O–H groups in total. The molecule has 1 nitrogen and oxygen atoms in total. The maximum atomic E-state index is 6.51. The predicted octanol–water partition coefficient (Wildman–Crippen LogP) is 7.57. The van der Waals surface area contributed by atoms with Gasteiger partial charge in [-0.25, -0.2) is 0 Å². The molecule has 0 bridgehead atoms. The topological polar surface area (TPSA) is 9.23 Å². The standard InChI is InChI=1S/C25H14BrClO/c26-22-10-5-9-20-24(22)28-23-11-4-3-8-19(23)25(20)18-7-2-1-6-16(18)17-13-12-15(27)14-21(17)25/h1-14H. The minimum absolute atomic E-state index is 0.454. The average molecular weight is 446 g/mol. The Bertz CT molecular complexity index is 1280. The van der Waals surface area contributed by atoms with Gasteiger partial charge in [0.25, 0.3) is 0 Å². The van der Waals surface area contributed by atoms with Crippen LogP contribution in [0.4, 0.5) is 0 Å². The van der Waals surface area contributed by atoms with Gasteiger partial charge < -0.3 is 4.74 Å². The summed E-state index contributed by atoms with van der Waals surface area (Å²) < 4.78 is 7.33. The van der Waals surface area contributed by atoms with Crippen LogP contribution >= 0.6 is 27.5 Å². The molecule has 0 radical (unpaired) electrons. The van der Waals surface area contributed by atoms with E-state index in [0.717, 1.165) is 32.1 Å². The van der Waals surface area contributed by atoms with E-state index in [-0.39, 0.29) is 0 Å².